The number of pyridine rings is 1. The number of fused-ring (bicyclic) bond motifs is 1. The first-order valence-corrected chi connectivity index (χ1v) is 9.67. The van der Waals surface area contributed by atoms with Crippen LogP contribution in [-0.4, -0.2) is 0 Å². The van der Waals surface area contributed by atoms with Gasteiger partial charge in [0.1, 0.15) is 11.5 Å². The molecule has 2 aromatic carbocycles. The van der Waals surface area contributed by atoms with Crippen LogP contribution in [0.5, 0.6) is 0 Å². The molecule has 0 aliphatic heterocycles. The topological polar surface area (TPSA) is 7.76 Å². The number of aromatic nitrogens is 2. The first kappa shape index (κ1) is 18.6. The van der Waals surface area contributed by atoms with Crippen LogP contribution in [0.25, 0.3) is 27.7 Å². The van der Waals surface area contributed by atoms with Gasteiger partial charge in [0, 0.05) is 36.1 Å². The summed E-state index contributed by atoms with van der Waals surface area (Å²) in [7, 11) is 1.85. The van der Waals surface area contributed by atoms with Gasteiger partial charge in [-0.2, -0.15) is 17.7 Å². The third-order valence-corrected chi connectivity index (χ3v) is 5.81. The molecule has 0 bridgehead atoms. The van der Waals surface area contributed by atoms with E-state index in [9.17, 15) is 13.2 Å². The van der Waals surface area contributed by atoms with Crippen LogP contribution < -0.4 is 8.52 Å². The van der Waals surface area contributed by atoms with Crippen LogP contribution in [0.1, 0.15) is 16.8 Å². The van der Waals surface area contributed by atoms with Gasteiger partial charge in [0.2, 0.25) is 11.4 Å². The summed E-state index contributed by atoms with van der Waals surface area (Å²) in [5.74, 6) is 0. The van der Waals surface area contributed by atoms with E-state index in [0.717, 1.165) is 27.7 Å². The molecule has 0 N–H and O–H groups in total. The second-order valence-corrected chi connectivity index (χ2v) is 7.90. The summed E-state index contributed by atoms with van der Waals surface area (Å²) in [6.07, 6.45) is -2.51. The Morgan fingerprint density at radius 2 is 1.64 bits per heavy atom. The van der Waals surface area contributed by atoms with E-state index in [1.165, 1.54) is 23.7 Å². The Balaban J connectivity index is 2.04. The maximum absolute atomic E-state index is 13.7. The molecular formula is C22H19F3N2S+2. The molecule has 0 radical (unpaired) electrons. The Bertz CT molecular complexity index is 1190. The lowest BCUT2D eigenvalue weighted by Crippen LogP contribution is -2.35. The molecule has 4 aromatic rings. The van der Waals surface area contributed by atoms with E-state index < -0.39 is 11.7 Å². The molecule has 0 unspecified atom stereocenters. The van der Waals surface area contributed by atoms with Crippen molar-refractivity contribution in [2.45, 2.75) is 20.0 Å². The van der Waals surface area contributed by atoms with Crippen molar-refractivity contribution in [1.29, 1.82) is 0 Å². The summed E-state index contributed by atoms with van der Waals surface area (Å²) in [6, 6.07) is 14.2. The zero-order valence-corrected chi connectivity index (χ0v) is 16.5. The van der Waals surface area contributed by atoms with E-state index in [4.69, 9.17) is 0 Å². The minimum Gasteiger partial charge on any atom is -0.166 e. The molecule has 4 rings (SSSR count). The van der Waals surface area contributed by atoms with Crippen molar-refractivity contribution in [1.82, 2.24) is 0 Å². The Hall–Kier alpha value is -2.73. The lowest BCUT2D eigenvalue weighted by atomic mass is 9.99. The van der Waals surface area contributed by atoms with Crippen molar-refractivity contribution in [3.05, 3.63) is 76.9 Å². The highest BCUT2D eigenvalue weighted by Gasteiger charge is 2.35. The van der Waals surface area contributed by atoms with Crippen molar-refractivity contribution in [3.63, 3.8) is 0 Å². The molecule has 0 amide bonds. The first-order chi connectivity index (χ1) is 13.3. The predicted octanol–water partition coefficient (Wildman–Crippen LogP) is 5.31. The Kier molecular flexibility index (Phi) is 4.46. The van der Waals surface area contributed by atoms with Crippen molar-refractivity contribution >= 4 is 22.3 Å². The third kappa shape index (κ3) is 3.18. The number of aryl methyl sites for hydroxylation is 2. The molecule has 2 nitrogen and oxygen atoms in total. The fraction of sp³-hybridized carbons (Fsp3) is 0.182. The largest absolute Gasteiger partial charge is 0.416 e. The molecular weight excluding hydrogens is 381 g/mol. The highest BCUT2D eigenvalue weighted by molar-refractivity contribution is 6.99. The monoisotopic (exact) mass is 400 g/mol. The van der Waals surface area contributed by atoms with Gasteiger partial charge in [0.25, 0.3) is 0 Å². The molecule has 2 aromatic heterocycles. The SMILES string of the molecule is Cc1c(-c2ccs[n+]2C)cc(C(F)(F)F)cc1-[n+]1cc2ccccc2cc1C. The summed E-state index contributed by atoms with van der Waals surface area (Å²) < 4.78 is 44.8. The number of halogens is 3. The molecule has 0 saturated carbocycles. The van der Waals surface area contributed by atoms with E-state index in [-0.39, 0.29) is 0 Å². The minimum absolute atomic E-state index is 0.541. The van der Waals surface area contributed by atoms with E-state index in [1.807, 2.05) is 77.4 Å². The normalized spacial score (nSPS) is 11.9. The molecule has 142 valence electrons. The lowest BCUT2D eigenvalue weighted by Gasteiger charge is -2.12. The molecule has 28 heavy (non-hydrogen) atoms. The number of hydrogen-bond acceptors (Lipinski definition) is 1. The first-order valence-electron chi connectivity index (χ1n) is 8.83. The van der Waals surface area contributed by atoms with Crippen LogP contribution in [0.4, 0.5) is 13.2 Å². The molecule has 0 spiro atoms. The van der Waals surface area contributed by atoms with Gasteiger partial charge in [-0.25, -0.2) is 0 Å². The van der Waals surface area contributed by atoms with Crippen LogP contribution in [0.3, 0.4) is 0 Å². The average molecular weight is 400 g/mol. The molecule has 0 aliphatic carbocycles. The molecule has 0 atom stereocenters. The third-order valence-electron chi connectivity index (χ3n) is 5.04. The van der Waals surface area contributed by atoms with Gasteiger partial charge in [0.15, 0.2) is 18.9 Å². The highest BCUT2D eigenvalue weighted by Crippen LogP contribution is 2.35. The number of rotatable bonds is 2. The number of benzene rings is 2. The van der Waals surface area contributed by atoms with Crippen LogP contribution >= 0.6 is 11.5 Å². The van der Waals surface area contributed by atoms with E-state index in [0.29, 0.717) is 11.3 Å². The van der Waals surface area contributed by atoms with Crippen LogP contribution in [0.2, 0.25) is 0 Å². The van der Waals surface area contributed by atoms with E-state index in [1.54, 1.807) is 0 Å². The Morgan fingerprint density at radius 1 is 0.929 bits per heavy atom. The fourth-order valence-electron chi connectivity index (χ4n) is 3.54. The van der Waals surface area contributed by atoms with Crippen LogP contribution in [0, 0.1) is 13.8 Å². The van der Waals surface area contributed by atoms with E-state index in [2.05, 4.69) is 0 Å². The zero-order chi connectivity index (χ0) is 20.1. The van der Waals surface area contributed by atoms with Gasteiger partial charge >= 0.3 is 6.18 Å². The maximum atomic E-state index is 13.7. The quantitative estimate of drug-likeness (QED) is 0.403. The summed E-state index contributed by atoms with van der Waals surface area (Å²) in [5, 5.41) is 3.92. The Labute approximate surface area is 165 Å². The molecule has 6 heteroatoms. The van der Waals surface area contributed by atoms with Crippen molar-refractivity contribution in [2.24, 2.45) is 7.05 Å². The Morgan fingerprint density at radius 3 is 2.29 bits per heavy atom. The molecule has 0 aliphatic rings. The van der Waals surface area contributed by atoms with Gasteiger partial charge in [-0.3, -0.25) is 0 Å². The lowest BCUT2D eigenvalue weighted by molar-refractivity contribution is -0.601. The van der Waals surface area contributed by atoms with Gasteiger partial charge in [-0.15, -0.1) is 3.96 Å². The summed E-state index contributed by atoms with van der Waals surface area (Å²) in [6.45, 7) is 3.79. The van der Waals surface area contributed by atoms with Crippen LogP contribution in [0.15, 0.2) is 60.1 Å². The van der Waals surface area contributed by atoms with Gasteiger partial charge in [-0.1, -0.05) is 18.2 Å². The second kappa shape index (κ2) is 6.71. The van der Waals surface area contributed by atoms with Crippen LogP contribution in [-0.2, 0) is 13.2 Å². The molecule has 0 saturated heterocycles. The predicted molar refractivity (Wildman–Crippen MR) is 104 cm³/mol. The molecule has 2 heterocycles. The average Bonchev–Trinajstić information content (AvgIpc) is 3.06. The van der Waals surface area contributed by atoms with E-state index >= 15 is 0 Å². The zero-order valence-electron chi connectivity index (χ0n) is 15.7. The van der Waals surface area contributed by atoms with Gasteiger partial charge in [0.05, 0.1) is 16.5 Å². The smallest absolute Gasteiger partial charge is 0.166 e. The summed E-state index contributed by atoms with van der Waals surface area (Å²) in [4.78, 5) is 0. The fourth-order valence-corrected chi connectivity index (χ4v) is 4.19. The standard InChI is InChI=1S/C22H19F3N2S/c1-14-10-16-6-4-5-7-17(16)13-27(14)21-12-18(22(23,24)25)11-19(15(21)2)20-8-9-28-26(20)3/h4-13H,1-3H3/q+2. The van der Waals surface area contributed by atoms with Gasteiger partial charge < -0.3 is 0 Å². The van der Waals surface area contributed by atoms with Crippen molar-refractivity contribution in [2.75, 3.05) is 0 Å². The summed E-state index contributed by atoms with van der Waals surface area (Å²) in [5.41, 5.74) is 2.95. The highest BCUT2D eigenvalue weighted by atomic mass is 32.1. The van der Waals surface area contributed by atoms with Gasteiger partial charge in [-0.05, 0) is 24.4 Å². The number of nitrogens with zero attached hydrogens (tertiary/aromatic N) is 2. The number of hydrogen-bond donors (Lipinski definition) is 0. The summed E-state index contributed by atoms with van der Waals surface area (Å²) >= 11 is 1.46. The number of alkyl halides is 3. The second-order valence-electron chi connectivity index (χ2n) is 6.87. The maximum Gasteiger partial charge on any atom is 0.416 e. The minimum atomic E-state index is -4.42. The molecule has 0 fully saturated rings. The van der Waals surface area contributed by atoms with Crippen molar-refractivity contribution in [3.8, 4) is 16.9 Å². The van der Waals surface area contributed by atoms with Crippen molar-refractivity contribution < 1.29 is 21.7 Å².